The molecule has 1 aromatic rings. The van der Waals surface area contributed by atoms with Crippen molar-refractivity contribution in [1.82, 2.24) is 0 Å². The van der Waals surface area contributed by atoms with Gasteiger partial charge in [-0.15, -0.1) is 0 Å². The fourth-order valence-electron chi connectivity index (χ4n) is 1.17. The third-order valence-corrected chi connectivity index (χ3v) is 2.04. The van der Waals surface area contributed by atoms with Crippen LogP contribution in [0.2, 0.25) is 0 Å². The summed E-state index contributed by atoms with van der Waals surface area (Å²) in [4.78, 5) is 10.1. The van der Waals surface area contributed by atoms with Gasteiger partial charge in [0, 0.05) is 18.2 Å². The fourth-order valence-corrected chi connectivity index (χ4v) is 1.17. The molecular formula is C9H12N2O3. The van der Waals surface area contributed by atoms with Gasteiger partial charge in [0.2, 0.25) is 0 Å². The lowest BCUT2D eigenvalue weighted by atomic mass is 10.1. The van der Waals surface area contributed by atoms with Crippen LogP contribution in [0, 0.1) is 17.0 Å². The smallest absolute Gasteiger partial charge is 0.272 e. The van der Waals surface area contributed by atoms with E-state index >= 15 is 0 Å². The highest BCUT2D eigenvalue weighted by Gasteiger charge is 2.14. The number of aliphatic hydroxyl groups excluding tert-OH is 1. The van der Waals surface area contributed by atoms with Crippen molar-refractivity contribution in [2.75, 3.05) is 6.54 Å². The van der Waals surface area contributed by atoms with E-state index in [1.165, 1.54) is 6.07 Å². The average molecular weight is 196 g/mol. The first-order valence-corrected chi connectivity index (χ1v) is 4.19. The van der Waals surface area contributed by atoms with E-state index < -0.39 is 11.0 Å². The minimum absolute atomic E-state index is 0.00926. The number of nitrogens with zero attached hydrogens (tertiary/aromatic N) is 1. The number of nitro benzene ring substituents is 1. The van der Waals surface area contributed by atoms with Gasteiger partial charge in [-0.25, -0.2) is 0 Å². The van der Waals surface area contributed by atoms with Gasteiger partial charge in [0.25, 0.3) is 5.69 Å². The van der Waals surface area contributed by atoms with Crippen molar-refractivity contribution in [3.05, 3.63) is 39.4 Å². The predicted octanol–water partition coefficient (Wildman–Crippen LogP) is 0.895. The minimum Gasteiger partial charge on any atom is -0.387 e. The summed E-state index contributed by atoms with van der Waals surface area (Å²) in [6.45, 7) is 1.71. The number of nitrogens with two attached hydrogens (primary N) is 1. The number of aryl methyl sites for hydroxylation is 1. The second kappa shape index (κ2) is 4.17. The van der Waals surface area contributed by atoms with Crippen molar-refractivity contribution in [3.8, 4) is 0 Å². The van der Waals surface area contributed by atoms with E-state index in [-0.39, 0.29) is 12.2 Å². The van der Waals surface area contributed by atoms with Gasteiger partial charge in [0.05, 0.1) is 11.0 Å². The van der Waals surface area contributed by atoms with Crippen molar-refractivity contribution in [2.24, 2.45) is 5.73 Å². The largest absolute Gasteiger partial charge is 0.387 e. The summed E-state index contributed by atoms with van der Waals surface area (Å²) in [5.41, 5.74) is 6.31. The number of hydrogen-bond acceptors (Lipinski definition) is 4. The highest BCUT2D eigenvalue weighted by Crippen LogP contribution is 2.22. The Kier molecular flexibility index (Phi) is 3.16. The molecule has 5 nitrogen and oxygen atoms in total. The van der Waals surface area contributed by atoms with Crippen molar-refractivity contribution in [1.29, 1.82) is 0 Å². The lowest BCUT2D eigenvalue weighted by Crippen LogP contribution is -2.11. The van der Waals surface area contributed by atoms with Crippen LogP contribution in [0.1, 0.15) is 17.2 Å². The van der Waals surface area contributed by atoms with Crippen LogP contribution in [0.15, 0.2) is 18.2 Å². The Labute approximate surface area is 81.3 Å². The van der Waals surface area contributed by atoms with Crippen molar-refractivity contribution < 1.29 is 10.0 Å². The molecule has 0 spiro atoms. The molecule has 1 aromatic carbocycles. The molecule has 0 saturated carbocycles. The van der Waals surface area contributed by atoms with Gasteiger partial charge in [-0.3, -0.25) is 10.1 Å². The zero-order valence-electron chi connectivity index (χ0n) is 7.80. The average Bonchev–Trinajstić information content (AvgIpc) is 2.17. The maximum Gasteiger partial charge on any atom is 0.272 e. The van der Waals surface area contributed by atoms with E-state index in [0.717, 1.165) is 0 Å². The molecule has 3 N–H and O–H groups in total. The summed E-state index contributed by atoms with van der Waals surface area (Å²) in [5.74, 6) is 0. The second-order valence-electron chi connectivity index (χ2n) is 3.05. The minimum atomic E-state index is -0.839. The van der Waals surface area contributed by atoms with Crippen molar-refractivity contribution in [3.63, 3.8) is 0 Å². The number of hydrogen-bond donors (Lipinski definition) is 2. The molecule has 0 heterocycles. The number of benzene rings is 1. The van der Waals surface area contributed by atoms with Gasteiger partial charge in [0.1, 0.15) is 0 Å². The first kappa shape index (κ1) is 10.6. The topological polar surface area (TPSA) is 89.4 Å². The van der Waals surface area contributed by atoms with Crippen LogP contribution < -0.4 is 5.73 Å². The molecule has 0 saturated heterocycles. The molecule has 0 unspecified atom stereocenters. The molecule has 0 aliphatic heterocycles. The van der Waals surface area contributed by atoms with Gasteiger partial charge in [-0.1, -0.05) is 12.1 Å². The number of rotatable bonds is 3. The van der Waals surface area contributed by atoms with Gasteiger partial charge < -0.3 is 10.8 Å². The maximum atomic E-state index is 10.6. The Balaban J connectivity index is 3.12. The lowest BCUT2D eigenvalue weighted by Gasteiger charge is -2.08. The van der Waals surface area contributed by atoms with E-state index in [0.29, 0.717) is 11.1 Å². The normalized spacial score (nSPS) is 12.5. The Hall–Kier alpha value is -1.46. The van der Waals surface area contributed by atoms with E-state index in [1.807, 2.05) is 0 Å². The van der Waals surface area contributed by atoms with Crippen LogP contribution in [0.5, 0.6) is 0 Å². The quantitative estimate of drug-likeness (QED) is 0.555. The van der Waals surface area contributed by atoms with Crippen molar-refractivity contribution in [2.45, 2.75) is 13.0 Å². The standard InChI is InChI=1S/C9H12N2O3/c1-6-2-3-7(9(12)5-10)4-8(6)11(13)14/h2-4,9,12H,5,10H2,1H3/t9-/m1/s1. The highest BCUT2D eigenvalue weighted by atomic mass is 16.6. The molecule has 0 bridgehead atoms. The molecule has 0 fully saturated rings. The molecule has 14 heavy (non-hydrogen) atoms. The third-order valence-electron chi connectivity index (χ3n) is 2.04. The third kappa shape index (κ3) is 2.07. The second-order valence-corrected chi connectivity index (χ2v) is 3.05. The monoisotopic (exact) mass is 196 g/mol. The Morgan fingerprint density at radius 1 is 1.64 bits per heavy atom. The fraction of sp³-hybridized carbons (Fsp3) is 0.333. The first-order chi connectivity index (χ1) is 6.56. The van der Waals surface area contributed by atoms with Crippen molar-refractivity contribution >= 4 is 5.69 Å². The van der Waals surface area contributed by atoms with E-state index in [2.05, 4.69) is 0 Å². The molecule has 0 radical (unpaired) electrons. The van der Waals surface area contributed by atoms with Gasteiger partial charge >= 0.3 is 0 Å². The van der Waals surface area contributed by atoms with Gasteiger partial charge in [0.15, 0.2) is 0 Å². The summed E-state index contributed by atoms with van der Waals surface area (Å²) >= 11 is 0. The summed E-state index contributed by atoms with van der Waals surface area (Å²) in [6, 6.07) is 4.60. The predicted molar refractivity (Wildman–Crippen MR) is 51.8 cm³/mol. The molecule has 0 aliphatic carbocycles. The summed E-state index contributed by atoms with van der Waals surface area (Å²) in [5, 5.41) is 20.0. The van der Waals surface area contributed by atoms with Crippen LogP contribution >= 0.6 is 0 Å². The van der Waals surface area contributed by atoms with E-state index in [1.54, 1.807) is 19.1 Å². The van der Waals surface area contributed by atoms with E-state index in [9.17, 15) is 15.2 Å². The molecule has 1 rings (SSSR count). The van der Waals surface area contributed by atoms with Crippen LogP contribution in [0.4, 0.5) is 5.69 Å². The van der Waals surface area contributed by atoms with Crippen LogP contribution in [-0.2, 0) is 0 Å². The lowest BCUT2D eigenvalue weighted by molar-refractivity contribution is -0.385. The Bertz CT molecular complexity index is 352. The van der Waals surface area contributed by atoms with Crippen LogP contribution in [0.3, 0.4) is 0 Å². The zero-order chi connectivity index (χ0) is 10.7. The molecule has 76 valence electrons. The SMILES string of the molecule is Cc1ccc([C@H](O)CN)cc1[N+](=O)[O-]. The molecule has 0 aromatic heterocycles. The summed E-state index contributed by atoms with van der Waals surface area (Å²) in [7, 11) is 0. The Morgan fingerprint density at radius 3 is 2.79 bits per heavy atom. The maximum absolute atomic E-state index is 10.6. The van der Waals surface area contributed by atoms with E-state index in [4.69, 9.17) is 5.73 Å². The molecule has 0 aliphatic rings. The van der Waals surface area contributed by atoms with Gasteiger partial charge in [-0.2, -0.15) is 0 Å². The number of aliphatic hydroxyl groups is 1. The summed E-state index contributed by atoms with van der Waals surface area (Å²) in [6.07, 6.45) is -0.839. The molecule has 1 atom stereocenters. The zero-order valence-corrected chi connectivity index (χ0v) is 7.80. The Morgan fingerprint density at radius 2 is 2.29 bits per heavy atom. The summed E-state index contributed by atoms with van der Waals surface area (Å²) < 4.78 is 0. The molecule has 0 amide bonds. The van der Waals surface area contributed by atoms with Crippen LogP contribution in [-0.4, -0.2) is 16.6 Å². The number of nitro groups is 1. The highest BCUT2D eigenvalue weighted by molar-refractivity contribution is 5.43. The van der Waals surface area contributed by atoms with Gasteiger partial charge in [-0.05, 0) is 12.5 Å². The van der Waals surface area contributed by atoms with Crippen LogP contribution in [0.25, 0.3) is 0 Å². The molecular weight excluding hydrogens is 184 g/mol. The molecule has 5 heteroatoms. The first-order valence-electron chi connectivity index (χ1n) is 4.19.